The van der Waals surface area contributed by atoms with Gasteiger partial charge in [0.2, 0.25) is 10.0 Å². The molecule has 0 saturated heterocycles. The first-order valence-corrected chi connectivity index (χ1v) is 10.9. The lowest BCUT2D eigenvalue weighted by molar-refractivity contribution is 0.394. The average Bonchev–Trinajstić information content (AvgIpc) is 3.26. The molecule has 3 aromatic rings. The van der Waals surface area contributed by atoms with Crippen LogP contribution in [0.1, 0.15) is 21.7 Å². The van der Waals surface area contributed by atoms with E-state index in [2.05, 4.69) is 0 Å². The van der Waals surface area contributed by atoms with E-state index in [0.717, 1.165) is 27.4 Å². The zero-order valence-electron chi connectivity index (χ0n) is 16.0. The van der Waals surface area contributed by atoms with Crippen LogP contribution in [0.5, 0.6) is 5.75 Å². The van der Waals surface area contributed by atoms with Gasteiger partial charge in [-0.3, -0.25) is 0 Å². The molecule has 0 unspecified atom stereocenters. The summed E-state index contributed by atoms with van der Waals surface area (Å²) in [6.07, 6.45) is 1.92. The lowest BCUT2D eigenvalue weighted by Crippen LogP contribution is -2.31. The fourth-order valence-corrected chi connectivity index (χ4v) is 5.54. The summed E-state index contributed by atoms with van der Waals surface area (Å²) >= 11 is 1.56. The molecule has 2 aromatic heterocycles. The lowest BCUT2D eigenvalue weighted by atomic mass is 10.1. The Morgan fingerprint density at radius 3 is 2.33 bits per heavy atom. The second-order valence-corrected chi connectivity index (χ2v) is 9.52. The third kappa shape index (κ3) is 4.10. The highest BCUT2D eigenvalue weighted by Gasteiger charge is 2.27. The predicted molar refractivity (Wildman–Crippen MR) is 109 cm³/mol. The van der Waals surface area contributed by atoms with Crippen molar-refractivity contribution in [3.8, 4) is 5.75 Å². The summed E-state index contributed by atoms with van der Waals surface area (Å²) in [4.78, 5) is 1.30. The molecule has 0 bridgehead atoms. The van der Waals surface area contributed by atoms with Gasteiger partial charge in [0.1, 0.15) is 5.75 Å². The molecule has 1 aromatic carbocycles. The normalized spacial score (nSPS) is 11.9. The number of benzene rings is 1. The average molecular weight is 405 g/mol. The second kappa shape index (κ2) is 7.88. The Morgan fingerprint density at radius 1 is 1.11 bits per heavy atom. The van der Waals surface area contributed by atoms with Crippen molar-refractivity contribution in [1.82, 2.24) is 8.87 Å². The summed E-state index contributed by atoms with van der Waals surface area (Å²) in [6, 6.07) is 11.1. The first-order chi connectivity index (χ1) is 12.8. The number of nitrogens with zero attached hydrogens (tertiary/aromatic N) is 2. The van der Waals surface area contributed by atoms with Gasteiger partial charge in [-0.2, -0.15) is 4.31 Å². The van der Waals surface area contributed by atoms with Crippen molar-refractivity contribution in [2.24, 2.45) is 7.05 Å². The maximum absolute atomic E-state index is 13.5. The van der Waals surface area contributed by atoms with E-state index < -0.39 is 10.0 Å². The molecule has 0 aliphatic carbocycles. The number of methoxy groups -OCH3 is 1. The molecule has 0 atom stereocenters. The van der Waals surface area contributed by atoms with E-state index in [1.165, 1.54) is 4.31 Å². The van der Waals surface area contributed by atoms with Crippen molar-refractivity contribution in [3.05, 3.63) is 69.7 Å². The molecule has 5 nitrogen and oxygen atoms in total. The fourth-order valence-electron chi connectivity index (χ4n) is 3.17. The van der Waals surface area contributed by atoms with Gasteiger partial charge in [0, 0.05) is 30.4 Å². The molecule has 0 fully saturated rings. The van der Waals surface area contributed by atoms with Gasteiger partial charge in [-0.25, -0.2) is 8.42 Å². The second-order valence-electron chi connectivity index (χ2n) is 6.55. The Morgan fingerprint density at radius 2 is 1.81 bits per heavy atom. The third-order valence-electron chi connectivity index (χ3n) is 4.58. The zero-order chi connectivity index (χ0) is 19.6. The Labute approximate surface area is 164 Å². The van der Waals surface area contributed by atoms with Gasteiger partial charge in [0.25, 0.3) is 0 Å². The van der Waals surface area contributed by atoms with Gasteiger partial charge in [-0.15, -0.1) is 11.3 Å². The van der Waals surface area contributed by atoms with Gasteiger partial charge in [-0.05, 0) is 60.7 Å². The lowest BCUT2D eigenvalue weighted by Gasteiger charge is -2.23. The summed E-state index contributed by atoms with van der Waals surface area (Å²) < 4.78 is 35.8. The fraction of sp³-hybridized carbons (Fsp3) is 0.300. The highest BCUT2D eigenvalue weighted by atomic mass is 32.2. The molecule has 0 aliphatic rings. The molecule has 0 radical (unpaired) electrons. The SMILES string of the molecule is COc1c(C)cc(S(=O)(=O)N(Cc2cccs2)Cc2cccn2C)cc1C. The molecule has 0 amide bonds. The van der Waals surface area contributed by atoms with Crippen LogP contribution in [0.3, 0.4) is 0 Å². The van der Waals surface area contributed by atoms with Crippen molar-refractivity contribution in [1.29, 1.82) is 0 Å². The van der Waals surface area contributed by atoms with Crippen LogP contribution in [0, 0.1) is 13.8 Å². The number of aromatic nitrogens is 1. The van der Waals surface area contributed by atoms with Crippen molar-refractivity contribution in [2.75, 3.05) is 7.11 Å². The number of rotatable bonds is 7. The van der Waals surface area contributed by atoms with E-state index in [1.54, 1.807) is 30.6 Å². The van der Waals surface area contributed by atoms with Crippen LogP contribution in [-0.2, 0) is 30.2 Å². The molecule has 144 valence electrons. The molecular weight excluding hydrogens is 380 g/mol. The molecule has 7 heteroatoms. The molecular formula is C20H24N2O3S2. The molecule has 27 heavy (non-hydrogen) atoms. The van der Waals surface area contributed by atoms with Crippen molar-refractivity contribution >= 4 is 21.4 Å². The molecule has 0 spiro atoms. The number of hydrogen-bond donors (Lipinski definition) is 0. The Hall–Kier alpha value is -2.09. The maximum atomic E-state index is 13.5. The number of thiophene rings is 1. The number of sulfonamides is 1. The third-order valence-corrected chi connectivity index (χ3v) is 7.21. The minimum Gasteiger partial charge on any atom is -0.496 e. The smallest absolute Gasteiger partial charge is 0.243 e. The number of ether oxygens (including phenoxy) is 1. The van der Waals surface area contributed by atoms with Crippen molar-refractivity contribution in [3.63, 3.8) is 0 Å². The van der Waals surface area contributed by atoms with Crippen molar-refractivity contribution in [2.45, 2.75) is 31.8 Å². The standard InChI is InChI=1S/C20H24N2O3S2/c1-15-11-19(12-16(2)20(15)25-4)27(23,24)22(14-18-8-6-10-26-18)13-17-7-5-9-21(17)3/h5-12H,13-14H2,1-4H3. The van der Waals surface area contributed by atoms with E-state index >= 15 is 0 Å². The highest BCUT2D eigenvalue weighted by Crippen LogP contribution is 2.29. The summed E-state index contributed by atoms with van der Waals surface area (Å²) in [5, 5.41) is 1.96. The quantitative estimate of drug-likeness (QED) is 0.596. The predicted octanol–water partition coefficient (Wildman–Crippen LogP) is 4.10. The van der Waals surface area contributed by atoms with Gasteiger partial charge in [0.05, 0.1) is 18.6 Å². The van der Waals surface area contributed by atoms with Crippen LogP contribution in [0.4, 0.5) is 0 Å². The molecule has 2 heterocycles. The van der Waals surface area contributed by atoms with E-state index in [9.17, 15) is 8.42 Å². The highest BCUT2D eigenvalue weighted by molar-refractivity contribution is 7.89. The first kappa shape index (κ1) is 19.7. The monoisotopic (exact) mass is 404 g/mol. The molecule has 0 N–H and O–H groups in total. The Balaban J connectivity index is 2.03. The van der Waals surface area contributed by atoms with E-state index in [4.69, 9.17) is 4.74 Å². The van der Waals surface area contributed by atoms with Crippen LogP contribution in [-0.4, -0.2) is 24.4 Å². The summed E-state index contributed by atoms with van der Waals surface area (Å²) in [5.74, 6) is 0.723. The van der Waals surface area contributed by atoms with Gasteiger partial charge in [0.15, 0.2) is 0 Å². The molecule has 0 saturated carbocycles. The van der Waals surface area contributed by atoms with Gasteiger partial charge >= 0.3 is 0 Å². The van der Waals surface area contributed by atoms with Crippen LogP contribution < -0.4 is 4.74 Å². The number of aryl methyl sites for hydroxylation is 3. The Kier molecular flexibility index (Phi) is 5.74. The zero-order valence-corrected chi connectivity index (χ0v) is 17.6. The minimum absolute atomic E-state index is 0.295. The molecule has 3 rings (SSSR count). The largest absolute Gasteiger partial charge is 0.496 e. The Bertz CT molecular complexity index is 998. The van der Waals surface area contributed by atoms with Crippen molar-refractivity contribution < 1.29 is 13.2 Å². The topological polar surface area (TPSA) is 51.5 Å². The summed E-state index contributed by atoms with van der Waals surface area (Å²) in [7, 11) is -0.146. The van der Waals surface area contributed by atoms with E-state index in [0.29, 0.717) is 18.0 Å². The van der Waals surface area contributed by atoms with Gasteiger partial charge in [-0.1, -0.05) is 6.07 Å². The van der Waals surface area contributed by atoms with Gasteiger partial charge < -0.3 is 9.30 Å². The van der Waals surface area contributed by atoms with Crippen LogP contribution in [0.15, 0.2) is 52.9 Å². The van der Waals surface area contributed by atoms with Crippen LogP contribution in [0.25, 0.3) is 0 Å². The number of hydrogen-bond acceptors (Lipinski definition) is 4. The molecule has 0 aliphatic heterocycles. The summed E-state index contributed by atoms with van der Waals surface area (Å²) in [6.45, 7) is 4.39. The van der Waals surface area contributed by atoms with E-state index in [1.807, 2.05) is 61.3 Å². The minimum atomic E-state index is -3.67. The van der Waals surface area contributed by atoms with E-state index in [-0.39, 0.29) is 0 Å². The summed E-state index contributed by atoms with van der Waals surface area (Å²) in [5.41, 5.74) is 2.56. The van der Waals surface area contributed by atoms with Crippen LogP contribution in [0.2, 0.25) is 0 Å². The maximum Gasteiger partial charge on any atom is 0.243 e. The first-order valence-electron chi connectivity index (χ1n) is 8.61. The van der Waals surface area contributed by atoms with Crippen LogP contribution >= 0.6 is 11.3 Å².